The average molecular weight is 283 g/mol. The molecule has 90 valence electrons. The van der Waals surface area contributed by atoms with Crippen LogP contribution in [0.2, 0.25) is 10.0 Å². The molecule has 1 aromatic carbocycles. The Morgan fingerprint density at radius 3 is 2.44 bits per heavy atom. The van der Waals surface area contributed by atoms with Gasteiger partial charge in [0.05, 0.1) is 10.0 Å². The second-order valence-corrected chi connectivity index (χ2v) is 4.46. The van der Waals surface area contributed by atoms with Gasteiger partial charge in [-0.25, -0.2) is 0 Å². The zero-order valence-corrected chi connectivity index (χ0v) is 11.0. The molecule has 0 aliphatic carbocycles. The third-order valence-electron chi connectivity index (χ3n) is 2.48. The van der Waals surface area contributed by atoms with E-state index in [-0.39, 0.29) is 12.4 Å². The normalized spacial score (nSPS) is 16.6. The topological polar surface area (TPSA) is 21.3 Å². The van der Waals surface area contributed by atoms with Crippen LogP contribution in [0.4, 0.5) is 0 Å². The smallest absolute Gasteiger partial charge is 0.121 e. The molecule has 0 atom stereocenters. The second-order valence-electron chi connectivity index (χ2n) is 3.64. The monoisotopic (exact) mass is 281 g/mol. The molecule has 0 unspecified atom stereocenters. The minimum Gasteiger partial charge on any atom is -0.490 e. The van der Waals surface area contributed by atoms with Crippen LogP contribution in [0.1, 0.15) is 12.8 Å². The minimum absolute atomic E-state index is 0. The number of ether oxygens (including phenoxy) is 1. The van der Waals surface area contributed by atoms with Gasteiger partial charge in [0.2, 0.25) is 0 Å². The maximum atomic E-state index is 5.91. The van der Waals surface area contributed by atoms with Gasteiger partial charge in [0, 0.05) is 6.07 Å². The van der Waals surface area contributed by atoms with Crippen LogP contribution in [0.25, 0.3) is 0 Å². The average Bonchev–Trinajstić information content (AvgIpc) is 2.25. The highest BCUT2D eigenvalue weighted by Gasteiger charge is 2.14. The van der Waals surface area contributed by atoms with Crippen molar-refractivity contribution in [1.29, 1.82) is 0 Å². The Morgan fingerprint density at radius 1 is 1.12 bits per heavy atom. The third kappa shape index (κ3) is 3.70. The van der Waals surface area contributed by atoms with E-state index in [1.807, 2.05) is 6.07 Å². The predicted octanol–water partition coefficient (Wildman–Crippen LogP) is 3.55. The van der Waals surface area contributed by atoms with Crippen LogP contribution in [0.3, 0.4) is 0 Å². The molecule has 0 amide bonds. The summed E-state index contributed by atoms with van der Waals surface area (Å²) in [7, 11) is 0. The van der Waals surface area contributed by atoms with Crippen LogP contribution < -0.4 is 10.1 Å². The summed E-state index contributed by atoms with van der Waals surface area (Å²) in [5, 5.41) is 4.40. The summed E-state index contributed by atoms with van der Waals surface area (Å²) >= 11 is 11.7. The highest BCUT2D eigenvalue weighted by molar-refractivity contribution is 6.42. The van der Waals surface area contributed by atoms with Crippen molar-refractivity contribution in [2.45, 2.75) is 18.9 Å². The predicted molar refractivity (Wildman–Crippen MR) is 70.2 cm³/mol. The molecule has 1 aliphatic rings. The maximum Gasteiger partial charge on any atom is 0.121 e. The van der Waals surface area contributed by atoms with Gasteiger partial charge in [-0.2, -0.15) is 0 Å². The molecule has 2 rings (SSSR count). The van der Waals surface area contributed by atoms with Crippen molar-refractivity contribution in [2.75, 3.05) is 13.1 Å². The van der Waals surface area contributed by atoms with Gasteiger partial charge >= 0.3 is 0 Å². The van der Waals surface area contributed by atoms with Gasteiger partial charge in [-0.1, -0.05) is 23.2 Å². The fourth-order valence-electron chi connectivity index (χ4n) is 1.66. The SMILES string of the molecule is Cl.Clc1ccc(OC2CCNCC2)cc1Cl. The van der Waals surface area contributed by atoms with E-state index in [9.17, 15) is 0 Å². The van der Waals surface area contributed by atoms with Crippen LogP contribution in [0.15, 0.2) is 18.2 Å². The van der Waals surface area contributed by atoms with Crippen molar-refractivity contribution >= 4 is 35.6 Å². The van der Waals surface area contributed by atoms with Crippen LogP contribution in [-0.2, 0) is 0 Å². The van der Waals surface area contributed by atoms with Gasteiger partial charge in [0.15, 0.2) is 0 Å². The molecule has 0 saturated carbocycles. The third-order valence-corrected chi connectivity index (χ3v) is 3.22. The van der Waals surface area contributed by atoms with Crippen molar-refractivity contribution in [3.05, 3.63) is 28.2 Å². The lowest BCUT2D eigenvalue weighted by Gasteiger charge is -2.23. The van der Waals surface area contributed by atoms with E-state index in [1.165, 1.54) is 0 Å². The molecule has 2 nitrogen and oxygen atoms in total. The fourth-order valence-corrected chi connectivity index (χ4v) is 1.94. The van der Waals surface area contributed by atoms with Gasteiger partial charge in [0.1, 0.15) is 11.9 Å². The van der Waals surface area contributed by atoms with Crippen molar-refractivity contribution in [3.63, 3.8) is 0 Å². The van der Waals surface area contributed by atoms with Gasteiger partial charge in [-0.3, -0.25) is 0 Å². The summed E-state index contributed by atoms with van der Waals surface area (Å²) in [5.74, 6) is 0.802. The maximum absolute atomic E-state index is 5.91. The van der Waals surface area contributed by atoms with Crippen LogP contribution >= 0.6 is 35.6 Å². The lowest BCUT2D eigenvalue weighted by atomic mass is 10.1. The first-order chi connectivity index (χ1) is 7.25. The molecule has 0 bridgehead atoms. The number of piperidine rings is 1. The quantitative estimate of drug-likeness (QED) is 0.896. The molecule has 0 radical (unpaired) electrons. The van der Waals surface area contributed by atoms with E-state index < -0.39 is 0 Å². The number of halogens is 3. The van der Waals surface area contributed by atoms with Crippen LogP contribution in [-0.4, -0.2) is 19.2 Å². The van der Waals surface area contributed by atoms with E-state index in [4.69, 9.17) is 27.9 Å². The molecule has 1 N–H and O–H groups in total. The molecular weight excluding hydrogens is 268 g/mol. The molecule has 5 heteroatoms. The first-order valence-electron chi connectivity index (χ1n) is 5.08. The summed E-state index contributed by atoms with van der Waals surface area (Å²) in [5.41, 5.74) is 0. The van der Waals surface area contributed by atoms with Crippen molar-refractivity contribution in [3.8, 4) is 5.75 Å². The van der Waals surface area contributed by atoms with E-state index >= 15 is 0 Å². The van der Waals surface area contributed by atoms with E-state index in [1.54, 1.807) is 12.1 Å². The molecule has 1 saturated heterocycles. The van der Waals surface area contributed by atoms with E-state index in [0.29, 0.717) is 16.1 Å². The number of benzene rings is 1. The standard InChI is InChI=1S/C11H13Cl2NO.ClH/c12-10-2-1-9(7-11(10)13)15-8-3-5-14-6-4-8;/h1-2,7-8,14H,3-6H2;1H. The van der Waals surface area contributed by atoms with Gasteiger partial charge in [0.25, 0.3) is 0 Å². The lowest BCUT2D eigenvalue weighted by Crippen LogP contribution is -2.34. The molecule has 1 aliphatic heterocycles. The Balaban J connectivity index is 0.00000128. The molecular formula is C11H14Cl3NO. The van der Waals surface area contributed by atoms with Gasteiger partial charge in [-0.05, 0) is 38.1 Å². The lowest BCUT2D eigenvalue weighted by molar-refractivity contribution is 0.162. The Labute approximate surface area is 112 Å². The molecule has 16 heavy (non-hydrogen) atoms. The van der Waals surface area contributed by atoms with Crippen molar-refractivity contribution in [2.24, 2.45) is 0 Å². The van der Waals surface area contributed by atoms with Crippen molar-refractivity contribution in [1.82, 2.24) is 5.32 Å². The number of hydrogen-bond acceptors (Lipinski definition) is 2. The number of nitrogens with one attached hydrogen (secondary N) is 1. The van der Waals surface area contributed by atoms with Crippen molar-refractivity contribution < 1.29 is 4.74 Å². The zero-order valence-electron chi connectivity index (χ0n) is 8.71. The largest absolute Gasteiger partial charge is 0.490 e. The van der Waals surface area contributed by atoms with E-state index in [2.05, 4.69) is 5.32 Å². The van der Waals surface area contributed by atoms with Crippen LogP contribution in [0, 0.1) is 0 Å². The summed E-state index contributed by atoms with van der Waals surface area (Å²) in [6.45, 7) is 2.04. The Kier molecular flexibility index (Phi) is 5.70. The highest BCUT2D eigenvalue weighted by Crippen LogP contribution is 2.27. The first kappa shape index (κ1) is 13.9. The fraction of sp³-hybridized carbons (Fsp3) is 0.455. The van der Waals surface area contributed by atoms with Crippen LogP contribution in [0.5, 0.6) is 5.75 Å². The Morgan fingerprint density at radius 2 is 1.81 bits per heavy atom. The first-order valence-corrected chi connectivity index (χ1v) is 5.84. The molecule has 0 aromatic heterocycles. The summed E-state index contributed by atoms with van der Waals surface area (Å²) in [4.78, 5) is 0. The highest BCUT2D eigenvalue weighted by atomic mass is 35.5. The molecule has 0 spiro atoms. The molecule has 1 fully saturated rings. The molecule has 1 aromatic rings. The zero-order chi connectivity index (χ0) is 10.7. The minimum atomic E-state index is 0. The number of hydrogen-bond donors (Lipinski definition) is 1. The summed E-state index contributed by atoms with van der Waals surface area (Å²) in [6, 6.07) is 5.39. The Hall–Kier alpha value is -0.150. The number of rotatable bonds is 2. The van der Waals surface area contributed by atoms with Gasteiger partial charge < -0.3 is 10.1 Å². The summed E-state index contributed by atoms with van der Waals surface area (Å²) < 4.78 is 5.81. The second kappa shape index (κ2) is 6.55. The Bertz CT molecular complexity index is 340. The van der Waals surface area contributed by atoms with Gasteiger partial charge in [-0.15, -0.1) is 12.4 Å². The summed E-state index contributed by atoms with van der Waals surface area (Å²) in [6.07, 6.45) is 2.38. The van der Waals surface area contributed by atoms with E-state index in [0.717, 1.165) is 31.7 Å². The molecule has 1 heterocycles.